The smallest absolute Gasteiger partial charge is 0.335 e. The van der Waals surface area contributed by atoms with Gasteiger partial charge in [0.05, 0.1) is 49.5 Å². The minimum atomic E-state index is -2.12. The Morgan fingerprint density at radius 3 is 1.88 bits per heavy atom. The zero-order valence-corrected chi connectivity index (χ0v) is 46.2. The number of aliphatic hydroxyl groups is 11. The highest BCUT2D eigenvalue weighted by Crippen LogP contribution is 2.75. The lowest BCUT2D eigenvalue weighted by atomic mass is 9.33. The Morgan fingerprint density at radius 1 is 0.731 bits per heavy atom. The molecule has 23 nitrogen and oxygen atoms in total. The lowest BCUT2D eigenvalue weighted by Crippen LogP contribution is -2.76. The highest BCUT2D eigenvalue weighted by Gasteiger charge is 2.76. The molecule has 0 aromatic heterocycles. The van der Waals surface area contributed by atoms with E-state index in [-0.39, 0.29) is 17.8 Å². The number of esters is 2. The molecule has 78 heavy (non-hydrogen) atoms. The molecule has 0 bridgehead atoms. The molecule has 0 radical (unpaired) electrons. The zero-order chi connectivity index (χ0) is 57.7. The fourth-order valence-corrected chi connectivity index (χ4v) is 15.7. The van der Waals surface area contributed by atoms with E-state index < -0.39 is 193 Å². The molecule has 3 aliphatic heterocycles. The van der Waals surface area contributed by atoms with Crippen LogP contribution in [0.2, 0.25) is 0 Å². The number of carbonyl (C=O) groups is 3. The second-order valence-electron chi connectivity index (χ2n) is 25.4. The topological polar surface area (TPSA) is 368 Å². The van der Waals surface area contributed by atoms with Gasteiger partial charge in [-0.1, -0.05) is 73.1 Å². The molecule has 5 aliphatic carbocycles. The third-order valence-electron chi connectivity index (χ3n) is 20.7. The van der Waals surface area contributed by atoms with Crippen LogP contribution in [0.4, 0.5) is 0 Å². The van der Waals surface area contributed by atoms with E-state index in [9.17, 15) is 75.7 Å². The van der Waals surface area contributed by atoms with Crippen LogP contribution in [0.25, 0.3) is 0 Å². The second-order valence-corrected chi connectivity index (χ2v) is 25.4. The number of carboxylic acids is 1. The summed E-state index contributed by atoms with van der Waals surface area (Å²) in [5.41, 5.74) is -3.68. The van der Waals surface area contributed by atoms with Crippen molar-refractivity contribution in [2.24, 2.45) is 56.7 Å². The maximum absolute atomic E-state index is 13.7. The predicted octanol–water partition coefficient (Wildman–Crippen LogP) is -0.438. The largest absolute Gasteiger partial charge is 0.479 e. The zero-order valence-electron chi connectivity index (χ0n) is 46.2. The van der Waals surface area contributed by atoms with Gasteiger partial charge >= 0.3 is 17.9 Å². The normalized spacial score (nSPS) is 50.1. The van der Waals surface area contributed by atoms with Crippen LogP contribution in [0.3, 0.4) is 0 Å². The summed E-state index contributed by atoms with van der Waals surface area (Å²) >= 11 is 0. The standard InChI is InChI=1S/C55H86O23/c1-11-23(4)47(70)77-43-44(78-46(69)22(2)3)55(21-58)27(18-51(43,6)7)26-12-13-31-52(8)16-15-28(24(5)25(52)14-17-53(31,9)54(26,10)41(65)42(55)66)71-50-40(76-49-36(63)34(61)32(59)29(19-56)72-49)38(37(64)39(75-50)45(67)68)74-48-35(62)33(60)30(20-57)73-48/h11-12,22,24-25,27-44,48-50,56-66H,13-21H2,1-10H3,(H,67,68)/t24-,25-,27-,28-,29+,30-,31+,32-,33-,34-,35+,36+,37-,38-,39-,40+,41-,42+,43-,44-,48-,49-,50+,52-,53+,54-,55-/m0/s1. The third-order valence-corrected chi connectivity index (χ3v) is 20.7. The van der Waals surface area contributed by atoms with Crippen LogP contribution in [-0.2, 0) is 52.3 Å². The number of aliphatic carboxylic acids is 1. The predicted molar refractivity (Wildman–Crippen MR) is 268 cm³/mol. The van der Waals surface area contributed by atoms with E-state index in [0.29, 0.717) is 44.1 Å². The summed E-state index contributed by atoms with van der Waals surface area (Å²) in [5.74, 6) is -4.71. The van der Waals surface area contributed by atoms with E-state index in [0.717, 1.165) is 5.57 Å². The lowest BCUT2D eigenvalue weighted by molar-refractivity contribution is -0.384. The first-order chi connectivity index (χ1) is 36.5. The van der Waals surface area contributed by atoms with Gasteiger partial charge in [0.25, 0.3) is 0 Å². The number of ether oxygens (including phenoxy) is 8. The SMILES string of the molecule is CC=C(C)C(=O)O[C@H]1[C@H](OC(=O)C(C)C)[C@]2(CO)[C@H](O)[C@H](O)[C@]3(C)C(=CC[C@@H]4[C@@]5(C)CC[C@H](O[C@@H]6O[C@H](C(=O)O)[C@@H](O)[C@H](O[C@@H]7O[C@@H](CO)[C@H](O)[C@H]7O)[C@H]6O[C@@H]6O[C@H](CO)[C@H](O)[C@H](O)[C@H]6O)[C@@H](C)[C@@H]5CC[C@]43C)[C@@H]2CC1(C)C. The summed E-state index contributed by atoms with van der Waals surface area (Å²) in [6.45, 7) is 16.5. The number of carbonyl (C=O) groups excluding carboxylic acids is 2. The van der Waals surface area contributed by atoms with Crippen LogP contribution in [0.15, 0.2) is 23.3 Å². The molecule has 0 amide bonds. The molecular weight excluding hydrogens is 1030 g/mol. The Bertz CT molecular complexity index is 2260. The summed E-state index contributed by atoms with van der Waals surface area (Å²) < 4.78 is 48.7. The number of rotatable bonds is 14. The molecular formula is C55H86O23. The minimum absolute atomic E-state index is 0.0974. The molecule has 8 rings (SSSR count). The number of fused-ring (bicyclic) bond motifs is 7. The molecule has 7 fully saturated rings. The van der Waals surface area contributed by atoms with Crippen molar-refractivity contribution in [3.8, 4) is 0 Å². The van der Waals surface area contributed by atoms with Crippen molar-refractivity contribution in [1.29, 1.82) is 0 Å². The lowest BCUT2D eigenvalue weighted by Gasteiger charge is -2.72. The number of hydrogen-bond acceptors (Lipinski definition) is 22. The Kier molecular flexibility index (Phi) is 17.6. The van der Waals surface area contributed by atoms with E-state index in [2.05, 4.69) is 19.9 Å². The first kappa shape index (κ1) is 61.3. The van der Waals surface area contributed by atoms with E-state index in [1.807, 2.05) is 27.7 Å². The average molecular weight is 1120 g/mol. The monoisotopic (exact) mass is 1110 g/mol. The number of aliphatic hydroxyl groups excluding tert-OH is 11. The van der Waals surface area contributed by atoms with Crippen molar-refractivity contribution in [2.45, 2.75) is 224 Å². The highest BCUT2D eigenvalue weighted by molar-refractivity contribution is 5.87. The molecule has 0 spiro atoms. The van der Waals surface area contributed by atoms with Crippen LogP contribution in [0, 0.1) is 56.7 Å². The van der Waals surface area contributed by atoms with E-state index >= 15 is 0 Å². The molecule has 0 unspecified atom stereocenters. The molecule has 0 aromatic carbocycles. The molecule has 0 aromatic rings. The average Bonchev–Trinajstić information content (AvgIpc) is 3.46. The molecule has 3 saturated heterocycles. The van der Waals surface area contributed by atoms with E-state index in [4.69, 9.17) is 37.9 Å². The third kappa shape index (κ3) is 9.62. The van der Waals surface area contributed by atoms with Gasteiger partial charge in [0.2, 0.25) is 0 Å². The molecule has 444 valence electrons. The van der Waals surface area contributed by atoms with Crippen LogP contribution in [0.1, 0.15) is 108 Å². The number of carboxylic acid groups (broad SMARTS) is 1. The first-order valence-corrected chi connectivity index (χ1v) is 27.6. The summed E-state index contributed by atoms with van der Waals surface area (Å²) in [7, 11) is 0. The summed E-state index contributed by atoms with van der Waals surface area (Å²) in [5, 5.41) is 133. The van der Waals surface area contributed by atoms with Crippen molar-refractivity contribution in [2.75, 3.05) is 19.8 Å². The molecule has 23 heteroatoms. The van der Waals surface area contributed by atoms with Crippen LogP contribution >= 0.6 is 0 Å². The van der Waals surface area contributed by atoms with Gasteiger partial charge in [-0.05, 0) is 86.9 Å². The van der Waals surface area contributed by atoms with Crippen molar-refractivity contribution in [1.82, 2.24) is 0 Å². The Hall–Kier alpha value is -2.79. The minimum Gasteiger partial charge on any atom is -0.479 e. The van der Waals surface area contributed by atoms with Crippen molar-refractivity contribution >= 4 is 17.9 Å². The molecule has 8 aliphatic rings. The molecule has 3 heterocycles. The number of hydrogen-bond donors (Lipinski definition) is 12. The highest BCUT2D eigenvalue weighted by atomic mass is 16.8. The molecule has 4 saturated carbocycles. The maximum Gasteiger partial charge on any atom is 0.335 e. The van der Waals surface area contributed by atoms with Gasteiger partial charge in [-0.25, -0.2) is 9.59 Å². The van der Waals surface area contributed by atoms with Gasteiger partial charge in [-0.15, -0.1) is 0 Å². The quantitative estimate of drug-likeness (QED) is 0.0454. The van der Waals surface area contributed by atoms with Crippen molar-refractivity contribution < 1.29 is 114 Å². The van der Waals surface area contributed by atoms with Gasteiger partial charge < -0.3 is 99.2 Å². The van der Waals surface area contributed by atoms with Crippen molar-refractivity contribution in [3.05, 3.63) is 23.3 Å². The fraction of sp³-hybridized carbons (Fsp3) is 0.873. The van der Waals surface area contributed by atoms with Crippen LogP contribution < -0.4 is 0 Å². The first-order valence-electron chi connectivity index (χ1n) is 27.6. The van der Waals surface area contributed by atoms with E-state index in [1.165, 1.54) is 0 Å². The van der Waals surface area contributed by atoms with Crippen LogP contribution in [0.5, 0.6) is 0 Å². The van der Waals surface area contributed by atoms with Crippen LogP contribution in [-0.4, -0.2) is 216 Å². The summed E-state index contributed by atoms with van der Waals surface area (Å²) in [6, 6.07) is 0. The maximum atomic E-state index is 13.7. The Balaban J connectivity index is 1.12. The van der Waals surface area contributed by atoms with Gasteiger partial charge in [0.1, 0.15) is 67.1 Å². The molecule has 27 atom stereocenters. The van der Waals surface area contributed by atoms with E-state index in [1.54, 1.807) is 33.8 Å². The van der Waals surface area contributed by atoms with Crippen molar-refractivity contribution in [3.63, 3.8) is 0 Å². The summed E-state index contributed by atoms with van der Waals surface area (Å²) in [4.78, 5) is 40.0. The fourth-order valence-electron chi connectivity index (χ4n) is 15.7. The van der Waals surface area contributed by atoms with Gasteiger partial charge in [-0.2, -0.15) is 0 Å². The van der Waals surface area contributed by atoms with Gasteiger partial charge in [0, 0.05) is 16.4 Å². The Morgan fingerprint density at radius 2 is 1.32 bits per heavy atom. The van der Waals surface area contributed by atoms with Gasteiger partial charge in [-0.3, -0.25) is 4.79 Å². The molecule has 12 N–H and O–H groups in total. The second kappa shape index (κ2) is 22.4. The summed E-state index contributed by atoms with van der Waals surface area (Å²) in [6.07, 6.45) is -25.1. The van der Waals surface area contributed by atoms with Gasteiger partial charge in [0.15, 0.2) is 31.1 Å². The number of allylic oxidation sites excluding steroid dienone is 2. The Labute approximate surface area is 454 Å².